The highest BCUT2D eigenvalue weighted by Crippen LogP contribution is 2.04. The summed E-state index contributed by atoms with van der Waals surface area (Å²) in [4.78, 5) is 4.11. The highest BCUT2D eigenvalue weighted by molar-refractivity contribution is 5.45. The van der Waals surface area contributed by atoms with Crippen LogP contribution < -0.4 is 0 Å². The molecule has 0 saturated carbocycles. The van der Waals surface area contributed by atoms with Crippen molar-refractivity contribution in [2.24, 2.45) is 0 Å². The smallest absolute Gasteiger partial charge is 0.191 e. The number of oxazole rings is 1. The maximum atomic E-state index is 5.01. The topological polar surface area (TPSA) is 26.0 Å². The number of rotatable bonds is 1. The van der Waals surface area contributed by atoms with Gasteiger partial charge in [-0.1, -0.05) is 5.57 Å². The quantitative estimate of drug-likeness (QED) is 0.594. The van der Waals surface area contributed by atoms with Gasteiger partial charge in [0.2, 0.25) is 0 Å². The van der Waals surface area contributed by atoms with Gasteiger partial charge in [0.1, 0.15) is 12.0 Å². The first-order valence-electron chi connectivity index (χ1n) is 3.25. The fourth-order valence-electron chi connectivity index (χ4n) is 0.742. The lowest BCUT2D eigenvalue weighted by molar-refractivity contribution is 0.521. The molecule has 0 unspecified atom stereocenters. The van der Waals surface area contributed by atoms with Gasteiger partial charge in [-0.15, -0.1) is 0 Å². The first-order valence-corrected chi connectivity index (χ1v) is 3.25. The zero-order chi connectivity index (χ0) is 7.56. The van der Waals surface area contributed by atoms with Crippen LogP contribution in [0.15, 0.2) is 16.3 Å². The normalized spacial score (nSPS) is 9.50. The van der Waals surface area contributed by atoms with Crippen molar-refractivity contribution in [3.8, 4) is 0 Å². The Hall–Kier alpha value is -1.05. The molecule has 1 heterocycles. The molecule has 2 nitrogen and oxygen atoms in total. The largest absolute Gasteiger partial charge is 0.449 e. The Morgan fingerprint density at radius 3 is 2.70 bits per heavy atom. The Kier molecular flexibility index (Phi) is 1.90. The van der Waals surface area contributed by atoms with Crippen LogP contribution in [-0.4, -0.2) is 4.98 Å². The summed E-state index contributed by atoms with van der Waals surface area (Å²) in [7, 11) is 0. The van der Waals surface area contributed by atoms with Gasteiger partial charge in [-0.3, -0.25) is 0 Å². The molecule has 0 spiro atoms. The summed E-state index contributed by atoms with van der Waals surface area (Å²) in [6, 6.07) is 0. The van der Waals surface area contributed by atoms with Crippen LogP contribution in [0.5, 0.6) is 0 Å². The Balaban J connectivity index is 2.86. The molecule has 0 bridgehead atoms. The van der Waals surface area contributed by atoms with Crippen LogP contribution in [0.2, 0.25) is 0 Å². The van der Waals surface area contributed by atoms with Gasteiger partial charge in [0.15, 0.2) is 5.89 Å². The van der Waals surface area contributed by atoms with Crippen LogP contribution in [0.25, 0.3) is 6.08 Å². The lowest BCUT2D eigenvalue weighted by Crippen LogP contribution is -1.72. The summed E-state index contributed by atoms with van der Waals surface area (Å²) in [5.41, 5.74) is 2.13. The van der Waals surface area contributed by atoms with Gasteiger partial charge in [0.05, 0.1) is 0 Å². The molecule has 1 rings (SSSR count). The SMILES string of the molecule is CC(C)=Cc1coc(C)n1. The van der Waals surface area contributed by atoms with Crippen LogP contribution in [0.3, 0.4) is 0 Å². The summed E-state index contributed by atoms with van der Waals surface area (Å²) in [6.07, 6.45) is 3.64. The highest BCUT2D eigenvalue weighted by Gasteiger charge is 1.93. The Morgan fingerprint density at radius 2 is 2.30 bits per heavy atom. The summed E-state index contributed by atoms with van der Waals surface area (Å²) >= 11 is 0. The summed E-state index contributed by atoms with van der Waals surface area (Å²) in [5, 5.41) is 0. The minimum atomic E-state index is 0.715. The third-order valence-electron chi connectivity index (χ3n) is 1.07. The summed E-state index contributed by atoms with van der Waals surface area (Å²) in [5.74, 6) is 0.715. The van der Waals surface area contributed by atoms with Crippen molar-refractivity contribution in [2.45, 2.75) is 20.8 Å². The molecular formula is C8H11NO. The molecule has 1 aromatic heterocycles. The van der Waals surface area contributed by atoms with E-state index in [9.17, 15) is 0 Å². The Bertz CT molecular complexity index is 244. The number of aromatic nitrogens is 1. The molecule has 0 radical (unpaired) electrons. The zero-order valence-electron chi connectivity index (χ0n) is 6.51. The lowest BCUT2D eigenvalue weighted by Gasteiger charge is -1.82. The average Bonchev–Trinajstić information content (AvgIpc) is 2.13. The van der Waals surface area contributed by atoms with E-state index < -0.39 is 0 Å². The average molecular weight is 137 g/mol. The molecule has 2 heteroatoms. The van der Waals surface area contributed by atoms with Crippen molar-refractivity contribution in [3.05, 3.63) is 23.4 Å². The number of hydrogen-bond acceptors (Lipinski definition) is 2. The molecule has 0 aromatic carbocycles. The van der Waals surface area contributed by atoms with Crippen molar-refractivity contribution in [1.29, 1.82) is 0 Å². The second kappa shape index (κ2) is 2.69. The Labute approximate surface area is 60.6 Å². The minimum absolute atomic E-state index is 0.715. The van der Waals surface area contributed by atoms with Crippen LogP contribution in [0.1, 0.15) is 25.4 Å². The second-order valence-corrected chi connectivity index (χ2v) is 2.51. The molecular weight excluding hydrogens is 126 g/mol. The maximum absolute atomic E-state index is 5.01. The highest BCUT2D eigenvalue weighted by atomic mass is 16.3. The molecule has 54 valence electrons. The lowest BCUT2D eigenvalue weighted by atomic mass is 10.3. The fraction of sp³-hybridized carbons (Fsp3) is 0.375. The monoisotopic (exact) mass is 137 g/mol. The summed E-state index contributed by atoms with van der Waals surface area (Å²) in [6.45, 7) is 5.90. The van der Waals surface area contributed by atoms with Crippen molar-refractivity contribution in [3.63, 3.8) is 0 Å². The van der Waals surface area contributed by atoms with Crippen LogP contribution in [-0.2, 0) is 0 Å². The predicted octanol–water partition coefficient (Wildman–Crippen LogP) is 2.41. The standard InChI is InChI=1S/C8H11NO/c1-6(2)4-8-5-10-7(3)9-8/h4-5H,1-3H3. The van der Waals surface area contributed by atoms with E-state index in [0.29, 0.717) is 5.89 Å². The van der Waals surface area contributed by atoms with E-state index in [1.807, 2.05) is 26.8 Å². The van der Waals surface area contributed by atoms with Gasteiger partial charge in [-0.2, -0.15) is 0 Å². The maximum Gasteiger partial charge on any atom is 0.191 e. The van der Waals surface area contributed by atoms with Crippen LogP contribution >= 0.6 is 0 Å². The van der Waals surface area contributed by atoms with Crippen molar-refractivity contribution in [1.82, 2.24) is 4.98 Å². The van der Waals surface area contributed by atoms with Gasteiger partial charge in [0.25, 0.3) is 0 Å². The zero-order valence-corrected chi connectivity index (χ0v) is 6.51. The summed E-state index contributed by atoms with van der Waals surface area (Å²) < 4.78 is 5.01. The second-order valence-electron chi connectivity index (χ2n) is 2.51. The minimum Gasteiger partial charge on any atom is -0.449 e. The first kappa shape index (κ1) is 7.06. The van der Waals surface area contributed by atoms with E-state index in [-0.39, 0.29) is 0 Å². The molecule has 0 fully saturated rings. The molecule has 1 aromatic rings. The van der Waals surface area contributed by atoms with E-state index in [1.165, 1.54) is 5.57 Å². The molecule has 0 amide bonds. The van der Waals surface area contributed by atoms with Crippen molar-refractivity contribution in [2.75, 3.05) is 0 Å². The van der Waals surface area contributed by atoms with Crippen LogP contribution in [0, 0.1) is 6.92 Å². The third kappa shape index (κ3) is 1.72. The fourth-order valence-corrected chi connectivity index (χ4v) is 0.742. The van der Waals surface area contributed by atoms with Gasteiger partial charge in [0, 0.05) is 6.92 Å². The molecule has 10 heavy (non-hydrogen) atoms. The predicted molar refractivity (Wildman–Crippen MR) is 40.6 cm³/mol. The van der Waals surface area contributed by atoms with E-state index in [1.54, 1.807) is 6.26 Å². The van der Waals surface area contributed by atoms with Gasteiger partial charge in [-0.05, 0) is 19.9 Å². The number of allylic oxidation sites excluding steroid dienone is 1. The van der Waals surface area contributed by atoms with Crippen molar-refractivity contribution < 1.29 is 4.42 Å². The molecule has 0 saturated heterocycles. The Morgan fingerprint density at radius 1 is 1.60 bits per heavy atom. The molecule has 0 atom stereocenters. The van der Waals surface area contributed by atoms with Crippen molar-refractivity contribution >= 4 is 6.08 Å². The molecule has 0 N–H and O–H groups in total. The van der Waals surface area contributed by atoms with E-state index in [0.717, 1.165) is 5.69 Å². The van der Waals surface area contributed by atoms with Crippen LogP contribution in [0.4, 0.5) is 0 Å². The van der Waals surface area contributed by atoms with E-state index in [4.69, 9.17) is 4.42 Å². The van der Waals surface area contributed by atoms with E-state index in [2.05, 4.69) is 4.98 Å². The number of nitrogens with zero attached hydrogens (tertiary/aromatic N) is 1. The van der Waals surface area contributed by atoms with Gasteiger partial charge < -0.3 is 4.42 Å². The van der Waals surface area contributed by atoms with E-state index >= 15 is 0 Å². The number of aryl methyl sites for hydroxylation is 1. The van der Waals surface area contributed by atoms with Gasteiger partial charge >= 0.3 is 0 Å². The number of hydrogen-bond donors (Lipinski definition) is 0. The molecule has 0 aliphatic heterocycles. The first-order chi connectivity index (χ1) is 4.68. The van der Waals surface area contributed by atoms with Gasteiger partial charge in [-0.25, -0.2) is 4.98 Å². The molecule has 0 aliphatic carbocycles. The molecule has 0 aliphatic rings. The third-order valence-corrected chi connectivity index (χ3v) is 1.07.